The molecule has 0 fully saturated rings. The predicted octanol–water partition coefficient (Wildman–Crippen LogP) is 7.14. The van der Waals surface area contributed by atoms with Gasteiger partial charge in [0.15, 0.2) is 0 Å². The van der Waals surface area contributed by atoms with Gasteiger partial charge in [0.2, 0.25) is 0 Å². The first-order chi connectivity index (χ1) is 17.4. The zero-order chi connectivity index (χ0) is 27.2. The summed E-state index contributed by atoms with van der Waals surface area (Å²) in [5.74, 6) is 0. The third-order valence-electron chi connectivity index (χ3n) is 5.93. The van der Waals surface area contributed by atoms with Crippen LogP contribution in [0, 0.1) is 0 Å². The number of pyridine rings is 1. The van der Waals surface area contributed by atoms with E-state index in [1.807, 2.05) is 6.08 Å². The molecule has 0 unspecified atom stereocenters. The van der Waals surface area contributed by atoms with Gasteiger partial charge in [-0.25, -0.2) is 0 Å². The zero-order valence-corrected chi connectivity index (χ0v) is 20.2. The Labute approximate surface area is 211 Å². The highest BCUT2D eigenvalue weighted by molar-refractivity contribution is 5.70. The molecule has 0 saturated heterocycles. The molecule has 0 spiro atoms. The lowest BCUT2D eigenvalue weighted by molar-refractivity contribution is -0.137. The van der Waals surface area contributed by atoms with Crippen LogP contribution in [0.2, 0.25) is 0 Å². The molecule has 1 aliphatic rings. The van der Waals surface area contributed by atoms with Crippen LogP contribution < -0.4 is 11.5 Å². The summed E-state index contributed by atoms with van der Waals surface area (Å²) in [4.78, 5) is 6.11. The van der Waals surface area contributed by atoms with Gasteiger partial charge in [0, 0.05) is 36.9 Å². The highest BCUT2D eigenvalue weighted by Gasteiger charge is 2.34. The molecular weight excluding hydrogens is 494 g/mol. The third kappa shape index (κ3) is 7.48. The Morgan fingerprint density at radius 3 is 1.81 bits per heavy atom. The molecule has 3 aromatic rings. The number of hydrogen-bond acceptors (Lipinski definition) is 4. The molecule has 4 N–H and O–H groups in total. The number of alkyl halides is 6. The fourth-order valence-electron chi connectivity index (χ4n) is 4.02. The minimum atomic E-state index is -4.44. The van der Waals surface area contributed by atoms with E-state index < -0.39 is 23.5 Å². The highest BCUT2D eigenvalue weighted by Crippen LogP contribution is 2.37. The summed E-state index contributed by atoms with van der Waals surface area (Å²) in [6.45, 7) is 4.84. The molecule has 4 rings (SSSR count). The van der Waals surface area contributed by atoms with Gasteiger partial charge in [-0.05, 0) is 78.0 Å². The average Bonchev–Trinajstić information content (AvgIpc) is 2.85. The van der Waals surface area contributed by atoms with Gasteiger partial charge in [0.1, 0.15) is 0 Å². The van der Waals surface area contributed by atoms with Crippen molar-refractivity contribution in [3.63, 3.8) is 0 Å². The summed E-state index contributed by atoms with van der Waals surface area (Å²) in [6.07, 6.45) is -1.90. The van der Waals surface area contributed by atoms with Crippen molar-refractivity contribution in [2.75, 3.05) is 31.1 Å². The molecule has 2 heterocycles. The number of nitrogen functional groups attached to an aromatic ring is 2. The van der Waals surface area contributed by atoms with Gasteiger partial charge in [0.05, 0.1) is 11.1 Å². The van der Waals surface area contributed by atoms with Gasteiger partial charge >= 0.3 is 12.4 Å². The van der Waals surface area contributed by atoms with Crippen molar-refractivity contribution in [1.29, 1.82) is 0 Å². The summed E-state index contributed by atoms with van der Waals surface area (Å²) in [5.41, 5.74) is 11.4. The lowest BCUT2D eigenvalue weighted by Gasteiger charge is -2.26. The fraction of sp³-hybridized carbons (Fsp3) is 0.296. The molecule has 0 atom stereocenters. The van der Waals surface area contributed by atoms with Gasteiger partial charge < -0.3 is 11.5 Å². The highest BCUT2D eigenvalue weighted by atomic mass is 19.4. The Morgan fingerprint density at radius 1 is 0.784 bits per heavy atom. The second kappa shape index (κ2) is 11.7. The Kier molecular flexibility index (Phi) is 8.85. The Bertz CT molecular complexity index is 1220. The van der Waals surface area contributed by atoms with Gasteiger partial charge in [-0.2, -0.15) is 26.3 Å². The van der Waals surface area contributed by atoms with Crippen LogP contribution in [0.25, 0.3) is 16.7 Å². The number of nitrogens with zero attached hydrogens (tertiary/aromatic N) is 2. The van der Waals surface area contributed by atoms with E-state index in [0.717, 1.165) is 50.2 Å². The van der Waals surface area contributed by atoms with Crippen LogP contribution in [-0.2, 0) is 12.4 Å². The van der Waals surface area contributed by atoms with E-state index in [4.69, 9.17) is 11.5 Å². The fourth-order valence-corrected chi connectivity index (χ4v) is 4.02. The predicted molar refractivity (Wildman–Crippen MR) is 134 cm³/mol. The Hall–Kier alpha value is -3.53. The molecule has 0 amide bonds. The van der Waals surface area contributed by atoms with Crippen molar-refractivity contribution >= 4 is 16.9 Å². The maximum Gasteiger partial charge on any atom is 0.418 e. The number of hydrogen-bond donors (Lipinski definition) is 2. The maximum absolute atomic E-state index is 12.9. The number of aromatic nitrogens is 1. The number of nitrogens with two attached hydrogens (primary N) is 2. The summed E-state index contributed by atoms with van der Waals surface area (Å²) < 4.78 is 76.5. The Balaban J connectivity index is 0.000000208. The van der Waals surface area contributed by atoms with E-state index in [2.05, 4.69) is 16.8 Å². The maximum atomic E-state index is 12.9. The molecule has 4 nitrogen and oxygen atoms in total. The van der Waals surface area contributed by atoms with Crippen LogP contribution in [0.5, 0.6) is 0 Å². The van der Waals surface area contributed by atoms with Gasteiger partial charge in [0.25, 0.3) is 0 Å². The molecule has 1 aliphatic heterocycles. The molecule has 0 saturated carbocycles. The molecule has 0 radical (unpaired) electrons. The van der Waals surface area contributed by atoms with Gasteiger partial charge in [-0.3, -0.25) is 9.88 Å². The van der Waals surface area contributed by atoms with E-state index in [1.54, 1.807) is 24.3 Å². The number of rotatable bonds is 4. The number of benzene rings is 2. The second-order valence-electron chi connectivity index (χ2n) is 8.62. The van der Waals surface area contributed by atoms with E-state index in [-0.39, 0.29) is 11.4 Å². The topological polar surface area (TPSA) is 68.2 Å². The van der Waals surface area contributed by atoms with Crippen LogP contribution in [-0.4, -0.2) is 29.5 Å². The first-order valence-corrected chi connectivity index (χ1v) is 11.7. The molecule has 10 heteroatoms. The molecule has 0 bridgehead atoms. The third-order valence-corrected chi connectivity index (χ3v) is 5.93. The SMILES string of the molecule is CCCN1CC=C(c2ccc(N)c(C(F)(F)F)c2)CC1.Nc1ccc(-c2ccncc2)cc1C(F)(F)F. The Morgan fingerprint density at radius 2 is 1.32 bits per heavy atom. The van der Waals surface area contributed by atoms with E-state index in [1.165, 1.54) is 24.5 Å². The monoisotopic (exact) mass is 522 g/mol. The smallest absolute Gasteiger partial charge is 0.398 e. The van der Waals surface area contributed by atoms with Crippen LogP contribution in [0.15, 0.2) is 67.0 Å². The molecule has 0 aliphatic carbocycles. The van der Waals surface area contributed by atoms with E-state index >= 15 is 0 Å². The standard InChI is InChI=1S/C15H19F3N2.C12H9F3N2/c1-2-7-20-8-5-11(6-9-20)12-3-4-14(19)13(10-12)15(16,17)18;13-12(14,15)10-7-9(1-2-11(10)16)8-3-5-17-6-4-8/h3-5,10H,2,6-9,19H2,1H3;1-7H,16H2. The quantitative estimate of drug-likeness (QED) is 0.282. The molecule has 2 aromatic carbocycles. The van der Waals surface area contributed by atoms with Crippen LogP contribution in [0.4, 0.5) is 37.7 Å². The lowest BCUT2D eigenvalue weighted by atomic mass is 9.97. The van der Waals surface area contributed by atoms with E-state index in [0.29, 0.717) is 16.7 Å². The molecular formula is C27H28F6N4. The summed E-state index contributed by atoms with van der Waals surface area (Å²) in [7, 11) is 0. The van der Waals surface area contributed by atoms with Crippen molar-refractivity contribution in [3.8, 4) is 11.1 Å². The van der Waals surface area contributed by atoms with Crippen molar-refractivity contribution in [2.45, 2.75) is 32.1 Å². The summed E-state index contributed by atoms with van der Waals surface area (Å²) in [6, 6.07) is 11.3. The van der Waals surface area contributed by atoms with Gasteiger partial charge in [-0.15, -0.1) is 0 Å². The summed E-state index contributed by atoms with van der Waals surface area (Å²) >= 11 is 0. The largest absolute Gasteiger partial charge is 0.418 e. The van der Waals surface area contributed by atoms with Crippen molar-refractivity contribution in [3.05, 3.63) is 83.7 Å². The van der Waals surface area contributed by atoms with Crippen LogP contribution in [0.3, 0.4) is 0 Å². The minimum absolute atomic E-state index is 0.217. The van der Waals surface area contributed by atoms with Crippen LogP contribution in [0.1, 0.15) is 36.5 Å². The normalized spacial score (nSPS) is 14.5. The van der Waals surface area contributed by atoms with E-state index in [9.17, 15) is 26.3 Å². The second-order valence-corrected chi connectivity index (χ2v) is 8.62. The first-order valence-electron chi connectivity index (χ1n) is 11.7. The van der Waals surface area contributed by atoms with Gasteiger partial charge in [-0.1, -0.05) is 25.1 Å². The first kappa shape index (κ1) is 28.0. The molecule has 198 valence electrons. The number of halogens is 6. The van der Waals surface area contributed by atoms with Crippen molar-refractivity contribution in [2.24, 2.45) is 0 Å². The van der Waals surface area contributed by atoms with Crippen LogP contribution >= 0.6 is 0 Å². The average molecular weight is 523 g/mol. The summed E-state index contributed by atoms with van der Waals surface area (Å²) in [5, 5.41) is 0. The molecule has 37 heavy (non-hydrogen) atoms. The van der Waals surface area contributed by atoms with Crippen molar-refractivity contribution in [1.82, 2.24) is 9.88 Å². The number of anilines is 2. The van der Waals surface area contributed by atoms with Crippen molar-refractivity contribution < 1.29 is 26.3 Å². The lowest BCUT2D eigenvalue weighted by Crippen LogP contribution is -2.29. The minimum Gasteiger partial charge on any atom is -0.398 e. The zero-order valence-electron chi connectivity index (χ0n) is 20.2. The molecule has 1 aromatic heterocycles.